The van der Waals surface area contributed by atoms with Gasteiger partial charge in [-0.1, -0.05) is 12.1 Å². The van der Waals surface area contributed by atoms with Gasteiger partial charge < -0.3 is 14.7 Å². The molecule has 0 spiro atoms. The second-order valence-corrected chi connectivity index (χ2v) is 7.84. The fourth-order valence-electron chi connectivity index (χ4n) is 3.16. The van der Waals surface area contributed by atoms with E-state index in [4.69, 9.17) is 0 Å². The van der Waals surface area contributed by atoms with Crippen LogP contribution in [0.1, 0.15) is 51.5 Å². The number of imide groups is 1. The third-order valence-electron chi connectivity index (χ3n) is 4.49. The highest BCUT2D eigenvalue weighted by molar-refractivity contribution is 6.02. The van der Waals surface area contributed by atoms with E-state index in [-0.39, 0.29) is 35.5 Å². The first-order valence-corrected chi connectivity index (χ1v) is 9.14. The molecule has 0 aliphatic carbocycles. The minimum Gasteiger partial charge on any atom is -0.508 e. The summed E-state index contributed by atoms with van der Waals surface area (Å²) >= 11 is 0. The van der Waals surface area contributed by atoms with Crippen molar-refractivity contribution in [3.63, 3.8) is 0 Å². The van der Waals surface area contributed by atoms with Crippen molar-refractivity contribution in [2.45, 2.75) is 57.6 Å². The number of phenolic OH excluding ortho intramolecular Hbond substituents is 1. The molecule has 152 valence electrons. The smallest absolute Gasteiger partial charge is 0.293 e. The molecule has 2 aliphatic heterocycles. The Kier molecular flexibility index (Phi) is 6.77. The van der Waals surface area contributed by atoms with Crippen LogP contribution >= 0.6 is 0 Å². The quantitative estimate of drug-likeness (QED) is 0.597. The standard InChI is InChI=1S/C15H16N2O4.C5H10O2/c18-11-3-1-2-9(6-11)10-7-14(20)17(8-10)12-4-5-13(19)16-15(12)21;1-5(2,3)7-4-6/h1-3,6,10,12,18H,4-5,7-8H2,(H,16,19,21);4H,1-3H3. The number of nitrogens with one attached hydrogen (secondary N) is 1. The van der Waals surface area contributed by atoms with Crippen molar-refractivity contribution in [1.29, 1.82) is 0 Å². The van der Waals surface area contributed by atoms with Crippen LogP contribution in [0.5, 0.6) is 5.75 Å². The third kappa shape index (κ3) is 5.80. The lowest BCUT2D eigenvalue weighted by atomic mass is 9.98. The summed E-state index contributed by atoms with van der Waals surface area (Å²) in [4.78, 5) is 46.4. The maximum absolute atomic E-state index is 12.2. The predicted octanol–water partition coefficient (Wildman–Crippen LogP) is 1.47. The van der Waals surface area contributed by atoms with Gasteiger partial charge in [0, 0.05) is 25.3 Å². The second kappa shape index (κ2) is 8.86. The molecule has 2 atom stereocenters. The normalized spacial score (nSPS) is 22.2. The van der Waals surface area contributed by atoms with Crippen LogP contribution in [0.2, 0.25) is 0 Å². The number of nitrogens with zero attached hydrogens (tertiary/aromatic N) is 1. The summed E-state index contributed by atoms with van der Waals surface area (Å²) in [6.07, 6.45) is 0.960. The van der Waals surface area contributed by atoms with E-state index in [2.05, 4.69) is 10.1 Å². The van der Waals surface area contributed by atoms with Gasteiger partial charge in [0.1, 0.15) is 17.4 Å². The number of amides is 3. The molecule has 0 radical (unpaired) electrons. The molecule has 0 bridgehead atoms. The highest BCUT2D eigenvalue weighted by Crippen LogP contribution is 2.32. The van der Waals surface area contributed by atoms with Gasteiger partial charge in [-0.25, -0.2) is 0 Å². The number of phenols is 1. The van der Waals surface area contributed by atoms with Crippen molar-refractivity contribution in [3.05, 3.63) is 29.8 Å². The van der Waals surface area contributed by atoms with Crippen LogP contribution in [0.15, 0.2) is 24.3 Å². The van der Waals surface area contributed by atoms with Crippen molar-refractivity contribution in [2.24, 2.45) is 0 Å². The van der Waals surface area contributed by atoms with Crippen LogP contribution in [0.25, 0.3) is 0 Å². The van der Waals surface area contributed by atoms with Crippen LogP contribution in [0.4, 0.5) is 0 Å². The molecule has 0 aromatic heterocycles. The van der Waals surface area contributed by atoms with E-state index in [0.29, 0.717) is 25.9 Å². The first kappa shape index (κ1) is 21.4. The third-order valence-corrected chi connectivity index (χ3v) is 4.49. The second-order valence-electron chi connectivity index (χ2n) is 7.84. The largest absolute Gasteiger partial charge is 0.508 e. The van der Waals surface area contributed by atoms with E-state index in [9.17, 15) is 24.3 Å². The van der Waals surface area contributed by atoms with Crippen LogP contribution < -0.4 is 5.32 Å². The van der Waals surface area contributed by atoms with Crippen LogP contribution in [-0.4, -0.2) is 52.4 Å². The Bertz CT molecular complexity index is 755. The Hall–Kier alpha value is -2.90. The van der Waals surface area contributed by atoms with E-state index < -0.39 is 11.9 Å². The van der Waals surface area contributed by atoms with E-state index in [1.165, 1.54) is 0 Å². The first-order valence-electron chi connectivity index (χ1n) is 9.14. The molecule has 1 aromatic carbocycles. The molecule has 0 saturated carbocycles. The van der Waals surface area contributed by atoms with Crippen molar-refractivity contribution in [3.8, 4) is 5.75 Å². The number of likely N-dealkylation sites (tertiary alicyclic amines) is 1. The number of piperidine rings is 1. The monoisotopic (exact) mass is 390 g/mol. The molecule has 3 amide bonds. The number of benzene rings is 1. The van der Waals surface area contributed by atoms with Gasteiger partial charge in [-0.05, 0) is 44.9 Å². The average Bonchev–Trinajstić information content (AvgIpc) is 2.96. The fraction of sp³-hybridized carbons (Fsp3) is 0.500. The molecular weight excluding hydrogens is 364 g/mol. The van der Waals surface area contributed by atoms with Gasteiger partial charge in [0.25, 0.3) is 6.47 Å². The van der Waals surface area contributed by atoms with Gasteiger partial charge in [0.15, 0.2) is 0 Å². The Balaban J connectivity index is 0.000000345. The number of hydrogen-bond acceptors (Lipinski definition) is 6. The van der Waals surface area contributed by atoms with E-state index in [1.807, 2.05) is 26.8 Å². The molecule has 2 saturated heterocycles. The van der Waals surface area contributed by atoms with Crippen LogP contribution in [0.3, 0.4) is 0 Å². The van der Waals surface area contributed by atoms with Gasteiger partial charge >= 0.3 is 0 Å². The number of carbonyl (C=O) groups is 4. The summed E-state index contributed by atoms with van der Waals surface area (Å²) in [6, 6.07) is 6.28. The fourth-order valence-corrected chi connectivity index (χ4v) is 3.16. The molecule has 3 rings (SSSR count). The highest BCUT2D eigenvalue weighted by Gasteiger charge is 2.40. The molecule has 2 fully saturated rings. The van der Waals surface area contributed by atoms with Crippen LogP contribution in [-0.2, 0) is 23.9 Å². The van der Waals surface area contributed by atoms with Gasteiger partial charge in [0.2, 0.25) is 17.7 Å². The molecule has 28 heavy (non-hydrogen) atoms. The number of hydrogen-bond donors (Lipinski definition) is 2. The maximum Gasteiger partial charge on any atom is 0.293 e. The van der Waals surface area contributed by atoms with Gasteiger partial charge in [-0.2, -0.15) is 0 Å². The van der Waals surface area contributed by atoms with Crippen molar-refractivity contribution in [1.82, 2.24) is 10.2 Å². The number of ether oxygens (including phenoxy) is 1. The summed E-state index contributed by atoms with van der Waals surface area (Å²) in [5, 5.41) is 11.8. The summed E-state index contributed by atoms with van der Waals surface area (Å²) in [7, 11) is 0. The lowest BCUT2D eigenvalue weighted by molar-refractivity contribution is -0.143. The molecule has 8 heteroatoms. The molecule has 1 aromatic rings. The highest BCUT2D eigenvalue weighted by atomic mass is 16.5. The van der Waals surface area contributed by atoms with Crippen LogP contribution in [0, 0.1) is 0 Å². The Labute approximate surface area is 163 Å². The topological polar surface area (TPSA) is 113 Å². The molecule has 2 aliphatic rings. The zero-order valence-corrected chi connectivity index (χ0v) is 16.3. The maximum atomic E-state index is 12.2. The Morgan fingerprint density at radius 1 is 1.25 bits per heavy atom. The van der Waals surface area contributed by atoms with Gasteiger partial charge in [-0.3, -0.25) is 24.5 Å². The van der Waals surface area contributed by atoms with E-state index in [1.54, 1.807) is 23.1 Å². The van der Waals surface area contributed by atoms with Crippen molar-refractivity contribution >= 4 is 24.2 Å². The SMILES string of the molecule is CC(C)(C)OC=O.O=C1CCC(N2CC(c3cccc(O)c3)CC2=O)C(=O)N1. The Morgan fingerprint density at radius 3 is 2.50 bits per heavy atom. The molecule has 2 unspecified atom stereocenters. The van der Waals surface area contributed by atoms with Gasteiger partial charge in [0.05, 0.1) is 0 Å². The molecule has 2 N–H and O–H groups in total. The molecule has 8 nitrogen and oxygen atoms in total. The zero-order chi connectivity index (χ0) is 20.9. The Morgan fingerprint density at radius 2 is 1.96 bits per heavy atom. The summed E-state index contributed by atoms with van der Waals surface area (Å²) in [6.45, 7) is 6.36. The average molecular weight is 390 g/mol. The number of rotatable bonds is 3. The lowest BCUT2D eigenvalue weighted by Gasteiger charge is -2.29. The molecule has 2 heterocycles. The number of carbonyl (C=O) groups excluding carboxylic acids is 4. The van der Waals surface area contributed by atoms with E-state index >= 15 is 0 Å². The van der Waals surface area contributed by atoms with Gasteiger partial charge in [-0.15, -0.1) is 0 Å². The van der Waals surface area contributed by atoms with E-state index in [0.717, 1.165) is 5.56 Å². The predicted molar refractivity (Wildman–Crippen MR) is 100 cm³/mol. The lowest BCUT2D eigenvalue weighted by Crippen LogP contribution is -2.52. The first-order chi connectivity index (χ1) is 13.1. The summed E-state index contributed by atoms with van der Waals surface area (Å²) in [5.41, 5.74) is 0.569. The van der Waals surface area contributed by atoms with Crippen molar-refractivity contribution in [2.75, 3.05) is 6.54 Å². The number of aromatic hydroxyl groups is 1. The molecular formula is C20H26N2O6. The minimum absolute atomic E-state index is 0.0324. The summed E-state index contributed by atoms with van der Waals surface area (Å²) < 4.78 is 4.55. The van der Waals surface area contributed by atoms with Crippen molar-refractivity contribution < 1.29 is 29.0 Å². The summed E-state index contributed by atoms with van der Waals surface area (Å²) in [5.74, 6) is -0.629. The minimum atomic E-state index is -0.558. The zero-order valence-electron chi connectivity index (χ0n) is 16.3.